The number of carbonyl (C=O) groups excluding carboxylic acids is 1. The van der Waals surface area contributed by atoms with E-state index in [1.165, 1.54) is 0 Å². The van der Waals surface area contributed by atoms with Gasteiger partial charge >= 0.3 is 6.03 Å². The summed E-state index contributed by atoms with van der Waals surface area (Å²) in [6.45, 7) is 4.01. The molecule has 4 nitrogen and oxygen atoms in total. The molecule has 0 spiro atoms. The van der Waals surface area contributed by atoms with Crippen LogP contribution in [0.1, 0.15) is 31.7 Å². The van der Waals surface area contributed by atoms with Crippen molar-refractivity contribution in [2.45, 2.75) is 39.2 Å². The van der Waals surface area contributed by atoms with Crippen LogP contribution < -0.4 is 10.6 Å². The molecule has 5 heteroatoms. The van der Waals surface area contributed by atoms with Crippen LogP contribution in [0.4, 0.5) is 10.5 Å². The Kier molecular flexibility index (Phi) is 4.55. The second-order valence-corrected chi connectivity index (χ2v) is 6.23. The standard InChI is InChI=1S/C15H21ClN2O2/c1-10-5-6-11(8-12(10)16)17-14(20)18-13-4-3-7-15(13,2)9-19/h5-6,8,13,19H,3-4,7,9H2,1-2H3,(H2,17,18,20)/t13-,15+/m0/s1. The number of urea groups is 1. The predicted molar refractivity (Wildman–Crippen MR) is 81.2 cm³/mol. The third-order valence-electron chi connectivity index (χ3n) is 4.18. The van der Waals surface area contributed by atoms with Crippen molar-refractivity contribution in [3.63, 3.8) is 0 Å². The molecule has 2 atom stereocenters. The van der Waals surface area contributed by atoms with E-state index in [4.69, 9.17) is 11.6 Å². The van der Waals surface area contributed by atoms with Gasteiger partial charge in [-0.05, 0) is 37.5 Å². The van der Waals surface area contributed by atoms with E-state index in [0.29, 0.717) is 10.7 Å². The van der Waals surface area contributed by atoms with E-state index in [1.807, 2.05) is 26.0 Å². The maximum absolute atomic E-state index is 12.0. The number of amides is 2. The van der Waals surface area contributed by atoms with Gasteiger partial charge in [-0.1, -0.05) is 31.0 Å². The molecule has 0 heterocycles. The van der Waals surface area contributed by atoms with Crippen molar-refractivity contribution in [2.75, 3.05) is 11.9 Å². The number of aliphatic hydroxyl groups is 1. The molecule has 1 aromatic carbocycles. The summed E-state index contributed by atoms with van der Waals surface area (Å²) < 4.78 is 0. The fraction of sp³-hybridized carbons (Fsp3) is 0.533. The number of aryl methyl sites for hydroxylation is 1. The lowest BCUT2D eigenvalue weighted by molar-refractivity contribution is 0.122. The van der Waals surface area contributed by atoms with Crippen LogP contribution in [0.15, 0.2) is 18.2 Å². The maximum Gasteiger partial charge on any atom is 0.319 e. The number of benzene rings is 1. The smallest absolute Gasteiger partial charge is 0.319 e. The van der Waals surface area contributed by atoms with E-state index in [0.717, 1.165) is 24.8 Å². The first-order valence-corrected chi connectivity index (χ1v) is 7.27. The van der Waals surface area contributed by atoms with Gasteiger partial charge in [-0.3, -0.25) is 0 Å². The monoisotopic (exact) mass is 296 g/mol. The number of hydrogen-bond donors (Lipinski definition) is 3. The summed E-state index contributed by atoms with van der Waals surface area (Å²) in [6, 6.07) is 5.17. The number of halogens is 1. The summed E-state index contributed by atoms with van der Waals surface area (Å²) in [6.07, 6.45) is 2.86. The Morgan fingerprint density at radius 3 is 2.95 bits per heavy atom. The van der Waals surface area contributed by atoms with Crippen LogP contribution in [0, 0.1) is 12.3 Å². The van der Waals surface area contributed by atoms with Crippen molar-refractivity contribution in [1.82, 2.24) is 5.32 Å². The molecule has 1 aromatic rings. The molecule has 2 rings (SSSR count). The summed E-state index contributed by atoms with van der Waals surface area (Å²) >= 11 is 6.03. The molecule has 1 aliphatic rings. The van der Waals surface area contributed by atoms with Crippen LogP contribution in [0.5, 0.6) is 0 Å². The summed E-state index contributed by atoms with van der Waals surface area (Å²) in [5.41, 5.74) is 1.42. The Balaban J connectivity index is 1.97. The van der Waals surface area contributed by atoms with E-state index in [-0.39, 0.29) is 24.1 Å². The molecule has 0 aliphatic heterocycles. The van der Waals surface area contributed by atoms with Gasteiger partial charge in [-0.15, -0.1) is 0 Å². The molecule has 0 saturated heterocycles. The van der Waals surface area contributed by atoms with Crippen LogP contribution in [-0.2, 0) is 0 Å². The Morgan fingerprint density at radius 1 is 1.55 bits per heavy atom. The highest BCUT2D eigenvalue weighted by Crippen LogP contribution is 2.37. The molecule has 0 aromatic heterocycles. The van der Waals surface area contributed by atoms with E-state index in [2.05, 4.69) is 10.6 Å². The number of hydrogen-bond acceptors (Lipinski definition) is 2. The summed E-state index contributed by atoms with van der Waals surface area (Å²) in [5.74, 6) is 0. The zero-order valence-corrected chi connectivity index (χ0v) is 12.6. The fourth-order valence-corrected chi connectivity index (χ4v) is 2.84. The van der Waals surface area contributed by atoms with Crippen molar-refractivity contribution >= 4 is 23.3 Å². The van der Waals surface area contributed by atoms with Gasteiger partial charge in [0.15, 0.2) is 0 Å². The van der Waals surface area contributed by atoms with Gasteiger partial charge in [0.25, 0.3) is 0 Å². The van der Waals surface area contributed by atoms with Gasteiger partial charge in [0.1, 0.15) is 0 Å². The number of rotatable bonds is 3. The molecule has 1 saturated carbocycles. The van der Waals surface area contributed by atoms with Gasteiger partial charge in [0.2, 0.25) is 0 Å². The minimum atomic E-state index is -0.253. The predicted octanol–water partition coefficient (Wildman–Crippen LogP) is 3.32. The minimum Gasteiger partial charge on any atom is -0.396 e. The quantitative estimate of drug-likeness (QED) is 0.801. The maximum atomic E-state index is 12.0. The summed E-state index contributed by atoms with van der Waals surface area (Å²) in [7, 11) is 0. The normalized spacial score (nSPS) is 25.5. The molecule has 0 bridgehead atoms. The molecule has 0 unspecified atom stereocenters. The number of anilines is 1. The van der Waals surface area contributed by atoms with Crippen LogP contribution in [0.2, 0.25) is 5.02 Å². The second kappa shape index (κ2) is 6.02. The second-order valence-electron chi connectivity index (χ2n) is 5.82. The molecule has 110 valence electrons. The molecule has 0 radical (unpaired) electrons. The molecule has 2 amide bonds. The SMILES string of the molecule is Cc1ccc(NC(=O)N[C@H]2CCC[C@]2(C)CO)cc1Cl. The summed E-state index contributed by atoms with van der Waals surface area (Å²) in [5, 5.41) is 15.8. The molecular weight excluding hydrogens is 276 g/mol. The van der Waals surface area contributed by atoms with E-state index in [1.54, 1.807) is 6.07 Å². The lowest BCUT2D eigenvalue weighted by Gasteiger charge is -2.30. The first-order chi connectivity index (χ1) is 9.44. The topological polar surface area (TPSA) is 61.4 Å². The lowest BCUT2D eigenvalue weighted by Crippen LogP contribution is -2.46. The molecule has 1 fully saturated rings. The van der Waals surface area contributed by atoms with Crippen molar-refractivity contribution in [3.05, 3.63) is 28.8 Å². The van der Waals surface area contributed by atoms with Crippen LogP contribution in [0.3, 0.4) is 0 Å². The first kappa shape index (κ1) is 15.1. The van der Waals surface area contributed by atoms with Crippen molar-refractivity contribution in [3.8, 4) is 0 Å². The first-order valence-electron chi connectivity index (χ1n) is 6.89. The average molecular weight is 297 g/mol. The van der Waals surface area contributed by atoms with E-state index in [9.17, 15) is 9.90 Å². The van der Waals surface area contributed by atoms with Crippen molar-refractivity contribution < 1.29 is 9.90 Å². The number of carbonyl (C=O) groups is 1. The van der Waals surface area contributed by atoms with Crippen molar-refractivity contribution in [1.29, 1.82) is 0 Å². The Labute approximate surface area is 124 Å². The highest BCUT2D eigenvalue weighted by atomic mass is 35.5. The molecule has 1 aliphatic carbocycles. The highest BCUT2D eigenvalue weighted by molar-refractivity contribution is 6.31. The van der Waals surface area contributed by atoms with Gasteiger partial charge < -0.3 is 15.7 Å². The average Bonchev–Trinajstić information content (AvgIpc) is 2.76. The Hall–Kier alpha value is -1.26. The zero-order chi connectivity index (χ0) is 14.8. The minimum absolute atomic E-state index is 0.00780. The van der Waals surface area contributed by atoms with Crippen molar-refractivity contribution in [2.24, 2.45) is 5.41 Å². The number of aliphatic hydroxyl groups excluding tert-OH is 1. The third-order valence-corrected chi connectivity index (χ3v) is 4.59. The largest absolute Gasteiger partial charge is 0.396 e. The lowest BCUT2D eigenvalue weighted by atomic mass is 9.86. The molecular formula is C15H21ClN2O2. The Bertz CT molecular complexity index is 507. The van der Waals surface area contributed by atoms with Crippen LogP contribution in [-0.4, -0.2) is 23.8 Å². The third kappa shape index (κ3) is 3.25. The van der Waals surface area contributed by atoms with Gasteiger partial charge in [0, 0.05) is 22.2 Å². The fourth-order valence-electron chi connectivity index (χ4n) is 2.66. The van der Waals surface area contributed by atoms with Gasteiger partial charge in [-0.2, -0.15) is 0 Å². The van der Waals surface area contributed by atoms with Crippen LogP contribution in [0.25, 0.3) is 0 Å². The molecule has 3 N–H and O–H groups in total. The van der Waals surface area contributed by atoms with Gasteiger partial charge in [0.05, 0.1) is 6.61 Å². The van der Waals surface area contributed by atoms with Gasteiger partial charge in [-0.25, -0.2) is 4.79 Å². The highest BCUT2D eigenvalue weighted by Gasteiger charge is 2.39. The summed E-state index contributed by atoms with van der Waals surface area (Å²) in [4.78, 5) is 12.0. The number of nitrogens with one attached hydrogen (secondary N) is 2. The van der Waals surface area contributed by atoms with E-state index < -0.39 is 0 Å². The van der Waals surface area contributed by atoms with Crippen LogP contribution >= 0.6 is 11.6 Å². The Morgan fingerprint density at radius 2 is 2.30 bits per heavy atom. The van der Waals surface area contributed by atoms with E-state index >= 15 is 0 Å². The zero-order valence-electron chi connectivity index (χ0n) is 11.9. The molecule has 20 heavy (non-hydrogen) atoms.